The van der Waals surface area contributed by atoms with Gasteiger partial charge in [0, 0.05) is 25.0 Å². The molecular formula is C17H22FN3O3. The zero-order valence-electron chi connectivity index (χ0n) is 14.1. The van der Waals surface area contributed by atoms with E-state index in [1.165, 1.54) is 12.3 Å². The minimum atomic E-state index is -0.689. The van der Waals surface area contributed by atoms with Crippen molar-refractivity contribution in [2.24, 2.45) is 5.92 Å². The van der Waals surface area contributed by atoms with Crippen molar-refractivity contribution in [2.45, 2.75) is 27.3 Å². The lowest BCUT2D eigenvalue weighted by molar-refractivity contribution is -0.140. The van der Waals surface area contributed by atoms with Crippen molar-refractivity contribution in [1.82, 2.24) is 10.3 Å². The quantitative estimate of drug-likeness (QED) is 0.245. The van der Waals surface area contributed by atoms with E-state index in [-0.39, 0.29) is 24.7 Å². The predicted octanol–water partition coefficient (Wildman–Crippen LogP) is 2.32. The summed E-state index contributed by atoms with van der Waals surface area (Å²) in [5.41, 5.74) is 1.14. The molecule has 0 amide bonds. The Hall–Kier alpha value is -2.46. The van der Waals surface area contributed by atoms with Gasteiger partial charge in [0.05, 0.1) is 6.61 Å². The first kappa shape index (κ1) is 19.6. The second-order valence-corrected chi connectivity index (χ2v) is 5.23. The van der Waals surface area contributed by atoms with E-state index in [9.17, 15) is 14.4 Å². The van der Waals surface area contributed by atoms with Crippen LogP contribution in [0.4, 0.5) is 4.39 Å². The molecule has 130 valence electrons. The van der Waals surface area contributed by atoms with Crippen LogP contribution in [0.5, 0.6) is 0 Å². The van der Waals surface area contributed by atoms with Crippen LogP contribution in [0.15, 0.2) is 29.6 Å². The van der Waals surface area contributed by atoms with Crippen LogP contribution in [0.3, 0.4) is 0 Å². The summed E-state index contributed by atoms with van der Waals surface area (Å²) in [5, 5.41) is 12.4. The Balaban J connectivity index is 2.80. The molecule has 0 atom stereocenters. The molecule has 1 aromatic heterocycles. The van der Waals surface area contributed by atoms with Gasteiger partial charge in [0.1, 0.15) is 12.7 Å². The highest BCUT2D eigenvalue weighted by atomic mass is 19.1. The Morgan fingerprint density at radius 2 is 2.17 bits per heavy atom. The molecule has 0 aliphatic rings. The lowest BCUT2D eigenvalue weighted by atomic mass is 10.0. The highest BCUT2D eigenvalue weighted by molar-refractivity contribution is 5.93. The zero-order chi connectivity index (χ0) is 17.9. The number of nitriles is 1. The molecule has 0 fully saturated rings. The molecule has 7 heteroatoms. The van der Waals surface area contributed by atoms with E-state index in [2.05, 4.69) is 10.3 Å². The van der Waals surface area contributed by atoms with Gasteiger partial charge in [-0.15, -0.1) is 0 Å². The van der Waals surface area contributed by atoms with Crippen molar-refractivity contribution in [3.8, 4) is 6.07 Å². The number of nitrogens with one attached hydrogen (secondary N) is 1. The van der Waals surface area contributed by atoms with Gasteiger partial charge in [0.25, 0.3) is 0 Å². The Kier molecular flexibility index (Phi) is 8.44. The fourth-order valence-corrected chi connectivity index (χ4v) is 1.92. The van der Waals surface area contributed by atoms with Crippen LogP contribution in [-0.2, 0) is 20.8 Å². The van der Waals surface area contributed by atoms with E-state index in [0.717, 1.165) is 5.56 Å². The van der Waals surface area contributed by atoms with Crippen molar-refractivity contribution in [1.29, 1.82) is 5.26 Å². The Morgan fingerprint density at radius 3 is 2.71 bits per heavy atom. The predicted molar refractivity (Wildman–Crippen MR) is 86.0 cm³/mol. The number of hydrogen-bond donors (Lipinski definition) is 1. The van der Waals surface area contributed by atoms with Gasteiger partial charge in [-0.3, -0.25) is 0 Å². The fraction of sp³-hybridized carbons (Fsp3) is 0.471. The van der Waals surface area contributed by atoms with Crippen molar-refractivity contribution in [2.75, 3.05) is 19.8 Å². The van der Waals surface area contributed by atoms with Gasteiger partial charge < -0.3 is 14.8 Å². The van der Waals surface area contributed by atoms with E-state index >= 15 is 0 Å². The van der Waals surface area contributed by atoms with Crippen LogP contribution in [0.1, 0.15) is 26.3 Å². The van der Waals surface area contributed by atoms with Gasteiger partial charge in [-0.1, -0.05) is 19.9 Å². The largest absolute Gasteiger partial charge is 0.459 e. The number of halogens is 1. The maximum Gasteiger partial charge on any atom is 0.350 e. The van der Waals surface area contributed by atoms with E-state index < -0.39 is 11.9 Å². The third kappa shape index (κ3) is 6.34. The SMILES string of the molecule is CCOCCOC(=O)/C(C#N)=C(\NCc1ccc(F)nc1)C(C)C. The van der Waals surface area contributed by atoms with Crippen LogP contribution in [-0.4, -0.2) is 30.8 Å². The number of carbonyl (C=O) groups excluding carboxylic acids is 1. The molecule has 6 nitrogen and oxygen atoms in total. The molecule has 0 aliphatic carbocycles. The molecule has 0 spiro atoms. The molecule has 0 unspecified atom stereocenters. The molecule has 1 aromatic rings. The first-order valence-corrected chi connectivity index (χ1v) is 7.73. The van der Waals surface area contributed by atoms with Gasteiger partial charge in [-0.2, -0.15) is 9.65 Å². The molecule has 0 saturated heterocycles. The second-order valence-electron chi connectivity index (χ2n) is 5.23. The fourth-order valence-electron chi connectivity index (χ4n) is 1.92. The minimum absolute atomic E-state index is 0.0726. The topological polar surface area (TPSA) is 84.2 Å². The summed E-state index contributed by atoms with van der Waals surface area (Å²) in [7, 11) is 0. The Bertz CT molecular complexity index is 607. The number of rotatable bonds is 9. The number of carbonyl (C=O) groups is 1. The second kappa shape index (κ2) is 10.3. The summed E-state index contributed by atoms with van der Waals surface area (Å²) >= 11 is 0. The van der Waals surface area contributed by atoms with Crippen molar-refractivity contribution in [3.63, 3.8) is 0 Å². The van der Waals surface area contributed by atoms with Gasteiger partial charge in [-0.25, -0.2) is 9.78 Å². The van der Waals surface area contributed by atoms with E-state index in [1.54, 1.807) is 6.07 Å². The highest BCUT2D eigenvalue weighted by Gasteiger charge is 2.19. The average molecular weight is 335 g/mol. The molecule has 1 N–H and O–H groups in total. The van der Waals surface area contributed by atoms with Crippen molar-refractivity contribution < 1.29 is 18.7 Å². The number of pyridine rings is 1. The molecule has 0 aromatic carbocycles. The zero-order valence-corrected chi connectivity index (χ0v) is 14.1. The van der Waals surface area contributed by atoms with Crippen LogP contribution in [0.2, 0.25) is 0 Å². The minimum Gasteiger partial charge on any atom is -0.459 e. The number of aromatic nitrogens is 1. The summed E-state index contributed by atoms with van der Waals surface area (Å²) in [4.78, 5) is 15.6. The van der Waals surface area contributed by atoms with Crippen LogP contribution in [0.25, 0.3) is 0 Å². The number of nitrogens with zero attached hydrogens (tertiary/aromatic N) is 2. The number of allylic oxidation sites excluding steroid dienone is 1. The van der Waals surface area contributed by atoms with Gasteiger partial charge in [-0.05, 0) is 24.5 Å². The van der Waals surface area contributed by atoms with Gasteiger partial charge >= 0.3 is 5.97 Å². The summed E-state index contributed by atoms with van der Waals surface area (Å²) in [6.45, 7) is 6.78. The number of ether oxygens (including phenoxy) is 2. The summed E-state index contributed by atoms with van der Waals surface area (Å²) in [6.07, 6.45) is 1.40. The molecule has 0 bridgehead atoms. The molecule has 0 saturated carbocycles. The smallest absolute Gasteiger partial charge is 0.350 e. The first-order chi connectivity index (χ1) is 11.5. The van der Waals surface area contributed by atoms with Crippen LogP contribution >= 0.6 is 0 Å². The highest BCUT2D eigenvalue weighted by Crippen LogP contribution is 2.14. The summed E-state index contributed by atoms with van der Waals surface area (Å²) < 4.78 is 23.0. The maximum absolute atomic E-state index is 12.8. The normalized spacial score (nSPS) is 11.7. The molecule has 1 rings (SSSR count). The van der Waals surface area contributed by atoms with Gasteiger partial charge in [0.15, 0.2) is 5.57 Å². The van der Waals surface area contributed by atoms with Crippen LogP contribution in [0, 0.1) is 23.2 Å². The van der Waals surface area contributed by atoms with E-state index in [1.807, 2.05) is 26.8 Å². The maximum atomic E-state index is 12.8. The monoisotopic (exact) mass is 335 g/mol. The molecule has 24 heavy (non-hydrogen) atoms. The van der Waals surface area contributed by atoms with Crippen molar-refractivity contribution >= 4 is 5.97 Å². The van der Waals surface area contributed by atoms with Crippen LogP contribution < -0.4 is 5.32 Å². The molecule has 0 aliphatic heterocycles. The third-order valence-corrected chi connectivity index (χ3v) is 3.10. The summed E-state index contributed by atoms with van der Waals surface area (Å²) in [6, 6.07) is 4.73. The van der Waals surface area contributed by atoms with Crippen molar-refractivity contribution in [3.05, 3.63) is 41.1 Å². The third-order valence-electron chi connectivity index (χ3n) is 3.10. The Labute approximate surface area is 141 Å². The lowest BCUT2D eigenvalue weighted by Crippen LogP contribution is -2.23. The molecule has 0 radical (unpaired) electrons. The number of hydrogen-bond acceptors (Lipinski definition) is 6. The molecule has 1 heterocycles. The van der Waals surface area contributed by atoms with Gasteiger partial charge in [0.2, 0.25) is 5.95 Å². The number of esters is 1. The first-order valence-electron chi connectivity index (χ1n) is 7.73. The van der Waals surface area contributed by atoms with E-state index in [4.69, 9.17) is 9.47 Å². The Morgan fingerprint density at radius 1 is 1.42 bits per heavy atom. The lowest BCUT2D eigenvalue weighted by Gasteiger charge is -2.16. The average Bonchev–Trinajstić information content (AvgIpc) is 2.56. The standard InChI is InChI=1S/C17H22FN3O3/c1-4-23-7-8-24-17(22)14(9-19)16(12(2)3)21-11-13-5-6-15(18)20-10-13/h5-6,10,12,21H,4,7-8,11H2,1-3H3/b16-14-. The molecular weight excluding hydrogens is 313 g/mol. The van der Waals surface area contributed by atoms with E-state index in [0.29, 0.717) is 18.8 Å². The summed E-state index contributed by atoms with van der Waals surface area (Å²) in [5.74, 6) is -1.34.